The van der Waals surface area contributed by atoms with Crippen LogP contribution in [0.2, 0.25) is 0 Å². The first-order valence-corrected chi connectivity index (χ1v) is 4.02. The third-order valence-corrected chi connectivity index (χ3v) is 1.93. The summed E-state index contributed by atoms with van der Waals surface area (Å²) in [5, 5.41) is 17.5. The predicted octanol–water partition coefficient (Wildman–Crippen LogP) is 0.0414. The summed E-state index contributed by atoms with van der Waals surface area (Å²) < 4.78 is 0. The number of aliphatic hydroxyl groups excluding tert-OH is 1. The molecule has 0 aromatic rings. The van der Waals surface area contributed by atoms with E-state index in [-0.39, 0.29) is 6.10 Å². The molecule has 1 fully saturated rings. The lowest BCUT2D eigenvalue weighted by molar-refractivity contribution is -0.131. The van der Waals surface area contributed by atoms with E-state index in [9.17, 15) is 4.79 Å². The van der Waals surface area contributed by atoms with Crippen LogP contribution in [0.15, 0.2) is 12.3 Å². The van der Waals surface area contributed by atoms with Crippen LogP contribution in [0.1, 0.15) is 12.8 Å². The van der Waals surface area contributed by atoms with Gasteiger partial charge in [-0.25, -0.2) is 4.79 Å². The molecule has 1 rings (SSSR count). The van der Waals surface area contributed by atoms with Crippen molar-refractivity contribution < 1.29 is 15.0 Å². The minimum Gasteiger partial charge on any atom is -0.478 e. The van der Waals surface area contributed by atoms with Gasteiger partial charge in [-0.2, -0.15) is 0 Å². The van der Waals surface area contributed by atoms with Gasteiger partial charge in [0.15, 0.2) is 0 Å². The van der Waals surface area contributed by atoms with Gasteiger partial charge >= 0.3 is 5.97 Å². The number of likely N-dealkylation sites (tertiary alicyclic amines) is 1. The van der Waals surface area contributed by atoms with Crippen molar-refractivity contribution in [2.45, 2.75) is 18.9 Å². The third kappa shape index (κ3) is 2.92. The molecule has 1 heterocycles. The lowest BCUT2D eigenvalue weighted by Gasteiger charge is -2.27. The van der Waals surface area contributed by atoms with Crippen LogP contribution in [0.3, 0.4) is 0 Å². The van der Waals surface area contributed by atoms with Crippen LogP contribution < -0.4 is 0 Å². The Morgan fingerprint density at radius 2 is 2.00 bits per heavy atom. The third-order valence-electron chi connectivity index (χ3n) is 1.93. The average Bonchev–Trinajstić information content (AvgIpc) is 2.03. The van der Waals surface area contributed by atoms with Crippen molar-refractivity contribution in [2.24, 2.45) is 0 Å². The van der Waals surface area contributed by atoms with Crippen LogP contribution in [0.5, 0.6) is 0 Å². The minimum absolute atomic E-state index is 0.209. The molecule has 0 amide bonds. The monoisotopic (exact) mass is 171 g/mol. The average molecular weight is 171 g/mol. The normalized spacial score (nSPS) is 20.2. The number of carbonyl (C=O) groups is 1. The molecular formula is C8H13NO3. The van der Waals surface area contributed by atoms with Crippen molar-refractivity contribution in [3.8, 4) is 0 Å². The molecule has 0 bridgehead atoms. The molecule has 0 unspecified atom stereocenters. The van der Waals surface area contributed by atoms with Crippen molar-refractivity contribution in [1.29, 1.82) is 0 Å². The molecule has 68 valence electrons. The molecule has 2 N–H and O–H groups in total. The summed E-state index contributed by atoms with van der Waals surface area (Å²) in [4.78, 5) is 12.0. The fraction of sp³-hybridized carbons (Fsp3) is 0.625. The van der Waals surface area contributed by atoms with Crippen LogP contribution in [0, 0.1) is 0 Å². The number of aliphatic carboxylic acids is 1. The van der Waals surface area contributed by atoms with Crippen LogP contribution in [0.4, 0.5) is 0 Å². The number of aliphatic hydroxyl groups is 1. The van der Waals surface area contributed by atoms with Gasteiger partial charge in [0.1, 0.15) is 0 Å². The van der Waals surface area contributed by atoms with Crippen LogP contribution in [-0.4, -0.2) is 40.3 Å². The highest BCUT2D eigenvalue weighted by Crippen LogP contribution is 2.09. The number of nitrogens with zero attached hydrogens (tertiary/aromatic N) is 1. The first-order valence-electron chi connectivity index (χ1n) is 4.02. The first kappa shape index (κ1) is 9.06. The van der Waals surface area contributed by atoms with Crippen molar-refractivity contribution in [3.05, 3.63) is 12.3 Å². The molecule has 0 aromatic carbocycles. The van der Waals surface area contributed by atoms with E-state index in [0.29, 0.717) is 0 Å². The maximum absolute atomic E-state index is 10.1. The lowest BCUT2D eigenvalue weighted by atomic mass is 10.1. The fourth-order valence-electron chi connectivity index (χ4n) is 1.20. The highest BCUT2D eigenvalue weighted by Gasteiger charge is 2.13. The number of hydrogen-bond acceptors (Lipinski definition) is 3. The van der Waals surface area contributed by atoms with E-state index in [0.717, 1.165) is 32.0 Å². The Bertz CT molecular complexity index is 183. The summed E-state index contributed by atoms with van der Waals surface area (Å²) >= 11 is 0. The van der Waals surface area contributed by atoms with Gasteiger partial charge in [-0.1, -0.05) is 0 Å². The Morgan fingerprint density at radius 1 is 1.42 bits per heavy atom. The molecule has 0 spiro atoms. The van der Waals surface area contributed by atoms with Gasteiger partial charge in [0.05, 0.1) is 6.10 Å². The largest absolute Gasteiger partial charge is 0.478 e. The number of carboxylic acid groups (broad SMARTS) is 1. The summed E-state index contributed by atoms with van der Waals surface area (Å²) in [5.74, 6) is -0.930. The van der Waals surface area contributed by atoms with Crippen molar-refractivity contribution in [3.63, 3.8) is 0 Å². The quantitative estimate of drug-likeness (QED) is 0.576. The maximum Gasteiger partial charge on any atom is 0.329 e. The Labute approximate surface area is 71.1 Å². The number of hydrogen-bond donors (Lipinski definition) is 2. The highest BCUT2D eigenvalue weighted by atomic mass is 16.4. The van der Waals surface area contributed by atoms with E-state index in [2.05, 4.69) is 0 Å². The molecular weight excluding hydrogens is 158 g/mol. The zero-order valence-corrected chi connectivity index (χ0v) is 6.81. The van der Waals surface area contributed by atoms with Gasteiger partial charge in [0.2, 0.25) is 0 Å². The lowest BCUT2D eigenvalue weighted by Crippen LogP contribution is -2.32. The fourth-order valence-corrected chi connectivity index (χ4v) is 1.20. The van der Waals surface area contributed by atoms with E-state index in [4.69, 9.17) is 10.2 Å². The summed E-state index contributed by atoms with van der Waals surface area (Å²) in [6.45, 7) is 1.48. The molecule has 1 saturated heterocycles. The molecule has 1 aliphatic heterocycles. The topological polar surface area (TPSA) is 60.8 Å². The van der Waals surface area contributed by atoms with E-state index in [1.165, 1.54) is 0 Å². The van der Waals surface area contributed by atoms with Crippen molar-refractivity contribution in [1.82, 2.24) is 4.90 Å². The van der Waals surface area contributed by atoms with E-state index in [1.807, 2.05) is 4.90 Å². The Balaban J connectivity index is 2.30. The smallest absolute Gasteiger partial charge is 0.329 e. The van der Waals surface area contributed by atoms with Crippen LogP contribution >= 0.6 is 0 Å². The van der Waals surface area contributed by atoms with E-state index >= 15 is 0 Å². The summed E-state index contributed by atoms with van der Waals surface area (Å²) in [6, 6.07) is 0. The Morgan fingerprint density at radius 3 is 2.50 bits per heavy atom. The van der Waals surface area contributed by atoms with Crippen LogP contribution in [-0.2, 0) is 4.79 Å². The van der Waals surface area contributed by atoms with Gasteiger partial charge in [-0.15, -0.1) is 0 Å². The van der Waals surface area contributed by atoms with Crippen molar-refractivity contribution in [2.75, 3.05) is 13.1 Å². The van der Waals surface area contributed by atoms with Gasteiger partial charge in [-0.3, -0.25) is 0 Å². The molecule has 0 atom stereocenters. The second-order valence-electron chi connectivity index (χ2n) is 2.92. The van der Waals surface area contributed by atoms with Gasteiger partial charge < -0.3 is 15.1 Å². The number of carboxylic acids is 1. The predicted molar refractivity (Wildman–Crippen MR) is 43.6 cm³/mol. The Kier molecular flexibility index (Phi) is 3.10. The SMILES string of the molecule is O=C(O)C=CN1CCC(O)CC1. The van der Waals surface area contributed by atoms with Crippen LogP contribution in [0.25, 0.3) is 0 Å². The second-order valence-corrected chi connectivity index (χ2v) is 2.92. The molecule has 4 nitrogen and oxygen atoms in total. The van der Waals surface area contributed by atoms with E-state index in [1.54, 1.807) is 6.20 Å². The summed E-state index contributed by atoms with van der Waals surface area (Å²) in [6.07, 6.45) is 3.93. The molecule has 0 radical (unpaired) electrons. The molecule has 4 heteroatoms. The molecule has 12 heavy (non-hydrogen) atoms. The molecule has 1 aliphatic rings. The van der Waals surface area contributed by atoms with Gasteiger partial charge in [0, 0.05) is 25.4 Å². The minimum atomic E-state index is -0.930. The number of rotatable bonds is 2. The summed E-state index contributed by atoms with van der Waals surface area (Å²) in [5.41, 5.74) is 0. The highest BCUT2D eigenvalue weighted by molar-refractivity contribution is 5.79. The molecule has 0 aromatic heterocycles. The molecule has 0 saturated carbocycles. The summed E-state index contributed by atoms with van der Waals surface area (Å²) in [7, 11) is 0. The first-order chi connectivity index (χ1) is 5.68. The van der Waals surface area contributed by atoms with Gasteiger partial charge in [0.25, 0.3) is 0 Å². The second kappa shape index (κ2) is 4.11. The maximum atomic E-state index is 10.1. The van der Waals surface area contributed by atoms with Gasteiger partial charge in [-0.05, 0) is 12.8 Å². The Hall–Kier alpha value is -1.03. The number of piperidine rings is 1. The zero-order chi connectivity index (χ0) is 8.97. The molecule has 0 aliphatic carbocycles. The standard InChI is InChI=1S/C8H13NO3/c10-7-1-4-9(5-2-7)6-3-8(11)12/h3,6-7,10H,1-2,4-5H2,(H,11,12). The zero-order valence-electron chi connectivity index (χ0n) is 6.81. The van der Waals surface area contributed by atoms with E-state index < -0.39 is 5.97 Å². The van der Waals surface area contributed by atoms with Crippen molar-refractivity contribution >= 4 is 5.97 Å².